The summed E-state index contributed by atoms with van der Waals surface area (Å²) in [6.07, 6.45) is 1.38. The van der Waals surface area contributed by atoms with Gasteiger partial charge in [0.15, 0.2) is 5.78 Å². The molecular formula is C15H11FN2O4S2. The van der Waals surface area contributed by atoms with E-state index < -0.39 is 21.4 Å². The van der Waals surface area contributed by atoms with E-state index in [0.717, 1.165) is 23.5 Å². The van der Waals surface area contributed by atoms with Gasteiger partial charge in [-0.3, -0.25) is 14.3 Å². The maximum absolute atomic E-state index is 14.1. The van der Waals surface area contributed by atoms with Crippen molar-refractivity contribution in [2.45, 2.75) is 11.1 Å². The summed E-state index contributed by atoms with van der Waals surface area (Å²) in [7, 11) is -4.07. The number of Topliss-reactive ketones (excluding diaryl/α,β-unsaturated/α-hetero) is 1. The van der Waals surface area contributed by atoms with Gasteiger partial charge in [-0.1, -0.05) is 0 Å². The van der Waals surface area contributed by atoms with Crippen molar-refractivity contribution in [2.75, 3.05) is 4.72 Å². The Morgan fingerprint density at radius 3 is 2.67 bits per heavy atom. The molecule has 0 fully saturated rings. The van der Waals surface area contributed by atoms with E-state index in [2.05, 4.69) is 9.71 Å². The Balaban J connectivity index is 2.04. The lowest BCUT2D eigenvalue weighted by Crippen LogP contribution is -2.13. The van der Waals surface area contributed by atoms with Crippen LogP contribution in [0.15, 0.2) is 45.5 Å². The average molecular weight is 366 g/mol. The molecule has 0 aliphatic carbocycles. The van der Waals surface area contributed by atoms with Crippen LogP contribution >= 0.6 is 11.3 Å². The van der Waals surface area contributed by atoms with Gasteiger partial charge in [0.05, 0.1) is 10.6 Å². The lowest BCUT2D eigenvalue weighted by atomic mass is 10.1. The monoisotopic (exact) mass is 366 g/mol. The molecule has 0 aliphatic rings. The Bertz CT molecular complexity index is 1120. The van der Waals surface area contributed by atoms with Crippen LogP contribution in [0.3, 0.4) is 0 Å². The van der Waals surface area contributed by atoms with Crippen LogP contribution in [0.5, 0.6) is 0 Å². The van der Waals surface area contributed by atoms with Crippen LogP contribution in [0.2, 0.25) is 0 Å². The highest BCUT2D eigenvalue weighted by atomic mass is 32.2. The Morgan fingerprint density at radius 2 is 2.00 bits per heavy atom. The zero-order valence-corrected chi connectivity index (χ0v) is 13.9. The minimum Gasteiger partial charge on any atom is -0.329 e. The van der Waals surface area contributed by atoms with Crippen LogP contribution in [-0.2, 0) is 10.0 Å². The Labute approximate surface area is 140 Å². The second-order valence-electron chi connectivity index (χ2n) is 5.01. The fraction of sp³-hybridized carbons (Fsp3) is 0.0667. The van der Waals surface area contributed by atoms with Crippen LogP contribution in [0.25, 0.3) is 10.8 Å². The van der Waals surface area contributed by atoms with Gasteiger partial charge >= 0.3 is 0 Å². The van der Waals surface area contributed by atoms with Crippen molar-refractivity contribution >= 4 is 43.6 Å². The van der Waals surface area contributed by atoms with Gasteiger partial charge in [0.25, 0.3) is 15.6 Å². The number of halogens is 1. The molecular weight excluding hydrogens is 355 g/mol. The topological polar surface area (TPSA) is 96.1 Å². The fourth-order valence-electron chi connectivity index (χ4n) is 2.14. The molecule has 124 valence electrons. The summed E-state index contributed by atoms with van der Waals surface area (Å²) in [5.74, 6) is -1.06. The standard InChI is InChI=1S/C15H11FN2O4S2/c1-8(19)13-2-3-14(23-13)24(21,22)18-12-7-10-9(6-11(12)16)4-5-17-15(10)20/h2-7,18H,1H3,(H,17,20). The second kappa shape index (κ2) is 5.84. The number of aromatic amines is 1. The van der Waals surface area contributed by atoms with E-state index in [4.69, 9.17) is 0 Å². The normalized spacial score (nSPS) is 11.6. The number of fused-ring (bicyclic) bond motifs is 1. The van der Waals surface area contributed by atoms with E-state index in [1.165, 1.54) is 31.3 Å². The number of hydrogen-bond donors (Lipinski definition) is 2. The van der Waals surface area contributed by atoms with Crippen LogP contribution in [0, 0.1) is 5.82 Å². The minimum atomic E-state index is -4.07. The molecule has 2 aromatic heterocycles. The molecule has 0 radical (unpaired) electrons. The van der Waals surface area contributed by atoms with Crippen LogP contribution in [0.1, 0.15) is 16.6 Å². The molecule has 6 nitrogen and oxygen atoms in total. The summed E-state index contributed by atoms with van der Waals surface area (Å²) in [4.78, 5) is 25.8. The molecule has 3 aromatic rings. The predicted octanol–water partition coefficient (Wildman–Crippen LogP) is 2.73. The number of carbonyl (C=O) groups is 1. The number of thiophene rings is 1. The van der Waals surface area contributed by atoms with Crippen molar-refractivity contribution in [2.24, 2.45) is 0 Å². The number of H-pyrrole nitrogens is 1. The van der Waals surface area contributed by atoms with Gasteiger partial charge in [-0.2, -0.15) is 0 Å². The van der Waals surface area contributed by atoms with E-state index in [1.54, 1.807) is 0 Å². The number of pyridine rings is 1. The Hall–Kier alpha value is -2.52. The first-order valence-electron chi connectivity index (χ1n) is 6.72. The predicted molar refractivity (Wildman–Crippen MR) is 89.7 cm³/mol. The van der Waals surface area contributed by atoms with Crippen molar-refractivity contribution in [3.63, 3.8) is 0 Å². The smallest absolute Gasteiger partial charge is 0.271 e. The highest BCUT2D eigenvalue weighted by Gasteiger charge is 2.20. The van der Waals surface area contributed by atoms with E-state index in [1.807, 2.05) is 0 Å². The fourth-order valence-corrected chi connectivity index (χ4v) is 4.39. The Morgan fingerprint density at radius 1 is 1.25 bits per heavy atom. The third-order valence-corrected chi connectivity index (χ3v) is 6.34. The number of sulfonamides is 1. The number of ketones is 1. The number of anilines is 1. The first-order valence-corrected chi connectivity index (χ1v) is 9.02. The van der Waals surface area contributed by atoms with E-state index >= 15 is 0 Å². The third-order valence-electron chi connectivity index (χ3n) is 3.30. The number of rotatable bonds is 4. The maximum Gasteiger partial charge on any atom is 0.271 e. The molecule has 0 bridgehead atoms. The summed E-state index contributed by atoms with van der Waals surface area (Å²) < 4.78 is 40.8. The molecule has 0 atom stereocenters. The summed E-state index contributed by atoms with van der Waals surface area (Å²) in [6.45, 7) is 1.32. The van der Waals surface area contributed by atoms with Crippen LogP contribution < -0.4 is 10.3 Å². The minimum absolute atomic E-state index is 0.117. The second-order valence-corrected chi connectivity index (χ2v) is 8.00. The first-order chi connectivity index (χ1) is 11.3. The largest absolute Gasteiger partial charge is 0.329 e. The molecule has 0 saturated heterocycles. The summed E-state index contributed by atoms with van der Waals surface area (Å²) in [5, 5.41) is 0.515. The highest BCUT2D eigenvalue weighted by molar-refractivity contribution is 7.94. The van der Waals surface area contributed by atoms with Crippen molar-refractivity contribution in [1.29, 1.82) is 0 Å². The number of nitrogens with one attached hydrogen (secondary N) is 2. The summed E-state index contributed by atoms with van der Waals surface area (Å²) in [5.41, 5.74) is -0.792. The van der Waals surface area contributed by atoms with E-state index in [-0.39, 0.29) is 25.9 Å². The first kappa shape index (κ1) is 16.3. The molecule has 9 heteroatoms. The van der Waals surface area contributed by atoms with Gasteiger partial charge < -0.3 is 4.98 Å². The number of carbonyl (C=O) groups excluding carboxylic acids is 1. The third kappa shape index (κ3) is 2.95. The van der Waals surface area contributed by atoms with Gasteiger partial charge in [0.1, 0.15) is 10.0 Å². The lowest BCUT2D eigenvalue weighted by Gasteiger charge is -2.08. The molecule has 2 N–H and O–H groups in total. The highest BCUT2D eigenvalue weighted by Crippen LogP contribution is 2.27. The number of aromatic nitrogens is 1. The van der Waals surface area contributed by atoms with Gasteiger partial charge in [-0.05, 0) is 42.6 Å². The molecule has 0 spiro atoms. The number of hydrogen-bond acceptors (Lipinski definition) is 5. The van der Waals surface area contributed by atoms with E-state index in [0.29, 0.717) is 5.39 Å². The molecule has 0 aliphatic heterocycles. The van der Waals surface area contributed by atoms with Crippen molar-refractivity contribution in [3.05, 3.63) is 57.6 Å². The van der Waals surface area contributed by atoms with Gasteiger partial charge in [-0.25, -0.2) is 12.8 Å². The zero-order chi connectivity index (χ0) is 17.5. The average Bonchev–Trinajstić information content (AvgIpc) is 3.00. The summed E-state index contributed by atoms with van der Waals surface area (Å²) >= 11 is 0.789. The molecule has 24 heavy (non-hydrogen) atoms. The zero-order valence-electron chi connectivity index (χ0n) is 12.3. The van der Waals surface area contributed by atoms with Gasteiger partial charge in [0.2, 0.25) is 0 Å². The van der Waals surface area contributed by atoms with Crippen molar-refractivity contribution < 1.29 is 17.6 Å². The maximum atomic E-state index is 14.1. The molecule has 2 heterocycles. The van der Waals surface area contributed by atoms with Gasteiger partial charge in [0, 0.05) is 11.6 Å². The molecule has 0 amide bonds. The molecule has 1 aromatic carbocycles. The van der Waals surface area contributed by atoms with Crippen LogP contribution in [-0.4, -0.2) is 19.2 Å². The van der Waals surface area contributed by atoms with Crippen LogP contribution in [0.4, 0.5) is 10.1 Å². The van der Waals surface area contributed by atoms with Gasteiger partial charge in [-0.15, -0.1) is 11.3 Å². The van der Waals surface area contributed by atoms with E-state index in [9.17, 15) is 22.4 Å². The van der Waals surface area contributed by atoms with Crippen molar-refractivity contribution in [1.82, 2.24) is 4.98 Å². The number of benzene rings is 1. The SMILES string of the molecule is CC(=O)c1ccc(S(=O)(=O)Nc2cc3c(=O)[nH]ccc3cc2F)s1. The molecule has 0 saturated carbocycles. The molecule has 3 rings (SSSR count). The quantitative estimate of drug-likeness (QED) is 0.694. The van der Waals surface area contributed by atoms with Crippen molar-refractivity contribution in [3.8, 4) is 0 Å². The lowest BCUT2D eigenvalue weighted by molar-refractivity contribution is 0.102. The summed E-state index contributed by atoms with van der Waals surface area (Å²) in [6, 6.07) is 6.40. The Kier molecular flexibility index (Phi) is 3.98. The molecule has 0 unspecified atom stereocenters.